The molecule has 0 aliphatic heterocycles. The van der Waals surface area contributed by atoms with Crippen molar-refractivity contribution in [1.29, 1.82) is 0 Å². The van der Waals surface area contributed by atoms with Crippen LogP contribution < -0.4 is 5.32 Å². The van der Waals surface area contributed by atoms with Gasteiger partial charge in [0.1, 0.15) is 5.82 Å². The molecule has 3 rings (SSSR count). The number of ether oxygens (including phenoxy) is 1. The maximum atomic E-state index is 12.9. The van der Waals surface area contributed by atoms with Crippen molar-refractivity contribution in [2.24, 2.45) is 0 Å². The molecule has 2 aromatic heterocycles. The topological polar surface area (TPSA) is 60.3 Å². The fourth-order valence-electron chi connectivity index (χ4n) is 3.02. The maximum absolute atomic E-state index is 12.9. The Labute approximate surface area is 173 Å². The van der Waals surface area contributed by atoms with Gasteiger partial charge in [0.05, 0.1) is 12.1 Å². The van der Waals surface area contributed by atoms with Crippen molar-refractivity contribution in [2.45, 2.75) is 40.0 Å². The van der Waals surface area contributed by atoms with Gasteiger partial charge in [0.25, 0.3) is 5.91 Å². The lowest BCUT2D eigenvalue weighted by Crippen LogP contribution is -2.35. The number of rotatable bonds is 7. The van der Waals surface area contributed by atoms with E-state index in [1.807, 2.05) is 25.3 Å². The van der Waals surface area contributed by atoms with E-state index in [1.165, 1.54) is 23.9 Å². The van der Waals surface area contributed by atoms with Gasteiger partial charge in [-0.3, -0.25) is 4.79 Å². The summed E-state index contributed by atoms with van der Waals surface area (Å²) in [7, 11) is 0. The molecule has 1 amide bonds. The summed E-state index contributed by atoms with van der Waals surface area (Å²) in [6, 6.07) is 11.7. The van der Waals surface area contributed by atoms with Crippen molar-refractivity contribution in [3.63, 3.8) is 0 Å². The highest BCUT2D eigenvalue weighted by Crippen LogP contribution is 2.20. The highest BCUT2D eigenvalue weighted by Gasteiger charge is 2.22. The van der Waals surface area contributed by atoms with Gasteiger partial charge in [0.15, 0.2) is 6.10 Å². The van der Waals surface area contributed by atoms with Crippen LogP contribution in [-0.4, -0.2) is 22.5 Å². The summed E-state index contributed by atoms with van der Waals surface area (Å²) in [5, 5.41) is 4.71. The first-order valence-corrected chi connectivity index (χ1v) is 10.2. The molecule has 3 aromatic rings. The number of hydrogen-bond donors (Lipinski definition) is 1. The van der Waals surface area contributed by atoms with Crippen LogP contribution in [0.2, 0.25) is 0 Å². The van der Waals surface area contributed by atoms with Crippen molar-refractivity contribution >= 4 is 23.2 Å². The highest BCUT2D eigenvalue weighted by molar-refractivity contribution is 7.09. The first-order chi connectivity index (χ1) is 13.8. The fraction of sp³-hybridized carbons (Fsp3) is 0.273. The summed E-state index contributed by atoms with van der Waals surface area (Å²) in [5.74, 6) is -1.27. The second-order valence-corrected chi connectivity index (χ2v) is 7.87. The molecule has 0 saturated heterocycles. The van der Waals surface area contributed by atoms with Crippen LogP contribution in [0.25, 0.3) is 0 Å². The second kappa shape index (κ2) is 9.05. The summed E-state index contributed by atoms with van der Waals surface area (Å²) in [6.45, 7) is 6.27. The van der Waals surface area contributed by atoms with Gasteiger partial charge >= 0.3 is 5.97 Å². The van der Waals surface area contributed by atoms with E-state index in [9.17, 15) is 14.0 Å². The van der Waals surface area contributed by atoms with Crippen LogP contribution in [0.3, 0.4) is 0 Å². The van der Waals surface area contributed by atoms with Crippen LogP contribution in [0, 0.1) is 19.7 Å². The SMILES string of the molecule is Cc1cc(C(=O)O[C@H](C)C(=O)NCc2ccc(F)cc2)c(C)n1Cc1cccs1. The minimum atomic E-state index is -0.941. The van der Waals surface area contributed by atoms with E-state index in [0.29, 0.717) is 12.1 Å². The summed E-state index contributed by atoms with van der Waals surface area (Å²) >= 11 is 1.66. The Bertz CT molecular complexity index is 994. The molecule has 1 aromatic carbocycles. The number of nitrogens with zero attached hydrogens (tertiary/aromatic N) is 1. The molecule has 29 heavy (non-hydrogen) atoms. The van der Waals surface area contributed by atoms with Gasteiger partial charge < -0.3 is 14.6 Å². The number of halogens is 1. The van der Waals surface area contributed by atoms with E-state index in [-0.39, 0.29) is 12.4 Å². The van der Waals surface area contributed by atoms with Gasteiger partial charge in [0.2, 0.25) is 0 Å². The second-order valence-electron chi connectivity index (χ2n) is 6.84. The maximum Gasteiger partial charge on any atom is 0.340 e. The standard InChI is InChI=1S/C22H23FN2O3S/c1-14-11-20(15(2)25(14)13-19-5-4-10-29-19)22(27)28-16(3)21(26)24-12-17-6-8-18(23)9-7-17/h4-11,16H,12-13H2,1-3H3,(H,24,26)/t16-/m1/s1. The molecule has 1 atom stereocenters. The summed E-state index contributed by atoms with van der Waals surface area (Å²) in [4.78, 5) is 26.1. The molecule has 0 spiro atoms. The fourth-order valence-corrected chi connectivity index (χ4v) is 3.71. The minimum Gasteiger partial charge on any atom is -0.449 e. The van der Waals surface area contributed by atoms with Crippen LogP contribution in [0.5, 0.6) is 0 Å². The number of nitrogens with one attached hydrogen (secondary N) is 1. The van der Waals surface area contributed by atoms with Crippen molar-refractivity contribution in [2.75, 3.05) is 0 Å². The predicted octanol–water partition coefficient (Wildman–Crippen LogP) is 4.22. The van der Waals surface area contributed by atoms with Gasteiger partial charge in [-0.05, 0) is 56.0 Å². The summed E-state index contributed by atoms with van der Waals surface area (Å²) in [5.41, 5.74) is 2.98. The van der Waals surface area contributed by atoms with Gasteiger partial charge in [-0.25, -0.2) is 9.18 Å². The zero-order chi connectivity index (χ0) is 21.0. The van der Waals surface area contributed by atoms with Gasteiger partial charge in [-0.1, -0.05) is 18.2 Å². The monoisotopic (exact) mass is 414 g/mol. The Hall–Kier alpha value is -2.93. The van der Waals surface area contributed by atoms with E-state index in [4.69, 9.17) is 4.74 Å². The number of benzene rings is 1. The third kappa shape index (κ3) is 5.12. The highest BCUT2D eigenvalue weighted by atomic mass is 32.1. The van der Waals surface area contributed by atoms with Crippen LogP contribution in [0.4, 0.5) is 4.39 Å². The summed E-state index contributed by atoms with van der Waals surface area (Å²) < 4.78 is 20.4. The smallest absolute Gasteiger partial charge is 0.340 e. The molecule has 0 aliphatic rings. The number of amides is 1. The average molecular weight is 415 g/mol. The van der Waals surface area contributed by atoms with E-state index in [2.05, 4.69) is 16.0 Å². The lowest BCUT2D eigenvalue weighted by Gasteiger charge is -2.14. The molecule has 0 fully saturated rings. The third-order valence-electron chi connectivity index (χ3n) is 4.72. The Morgan fingerprint density at radius 1 is 1.21 bits per heavy atom. The molecular weight excluding hydrogens is 391 g/mol. The molecule has 0 saturated carbocycles. The third-order valence-corrected chi connectivity index (χ3v) is 5.58. The predicted molar refractivity (Wildman–Crippen MR) is 110 cm³/mol. The molecule has 2 heterocycles. The summed E-state index contributed by atoms with van der Waals surface area (Å²) in [6.07, 6.45) is -0.941. The van der Waals surface area contributed by atoms with Crippen LogP contribution in [0.1, 0.15) is 39.1 Å². The lowest BCUT2D eigenvalue weighted by atomic mass is 10.2. The largest absolute Gasteiger partial charge is 0.449 e. The quantitative estimate of drug-likeness (QED) is 0.589. The Kier molecular flexibility index (Phi) is 6.49. The number of hydrogen-bond acceptors (Lipinski definition) is 4. The average Bonchev–Trinajstić information content (AvgIpc) is 3.31. The molecule has 0 unspecified atom stereocenters. The number of esters is 1. The van der Waals surface area contributed by atoms with Crippen molar-refractivity contribution in [3.05, 3.63) is 81.1 Å². The molecular formula is C22H23FN2O3S. The normalized spacial score (nSPS) is 11.9. The van der Waals surface area contributed by atoms with Gasteiger partial charge in [-0.15, -0.1) is 11.3 Å². The molecule has 0 bridgehead atoms. The van der Waals surface area contributed by atoms with E-state index in [1.54, 1.807) is 29.5 Å². The molecule has 5 nitrogen and oxygen atoms in total. The Morgan fingerprint density at radius 3 is 2.59 bits per heavy atom. The number of carbonyl (C=O) groups excluding carboxylic acids is 2. The zero-order valence-corrected chi connectivity index (χ0v) is 17.4. The number of aryl methyl sites for hydroxylation is 1. The molecule has 1 N–H and O–H groups in total. The number of aromatic nitrogens is 1. The molecule has 0 aliphatic carbocycles. The van der Waals surface area contributed by atoms with E-state index >= 15 is 0 Å². The van der Waals surface area contributed by atoms with Gasteiger partial charge in [0, 0.05) is 22.8 Å². The first-order valence-electron chi connectivity index (χ1n) is 9.27. The molecule has 152 valence electrons. The van der Waals surface area contributed by atoms with Crippen LogP contribution in [0.15, 0.2) is 47.8 Å². The van der Waals surface area contributed by atoms with E-state index in [0.717, 1.165) is 17.0 Å². The zero-order valence-electron chi connectivity index (χ0n) is 16.6. The molecule has 0 radical (unpaired) electrons. The number of thiophene rings is 1. The Morgan fingerprint density at radius 2 is 1.93 bits per heavy atom. The van der Waals surface area contributed by atoms with E-state index < -0.39 is 18.0 Å². The lowest BCUT2D eigenvalue weighted by molar-refractivity contribution is -0.129. The van der Waals surface area contributed by atoms with Crippen molar-refractivity contribution < 1.29 is 18.7 Å². The number of carbonyl (C=O) groups is 2. The van der Waals surface area contributed by atoms with Crippen LogP contribution >= 0.6 is 11.3 Å². The Balaban J connectivity index is 1.60. The minimum absolute atomic E-state index is 0.232. The van der Waals surface area contributed by atoms with Crippen LogP contribution in [-0.2, 0) is 22.6 Å². The first kappa shape index (κ1) is 20.8. The van der Waals surface area contributed by atoms with Gasteiger partial charge in [-0.2, -0.15) is 0 Å². The van der Waals surface area contributed by atoms with Crippen molar-refractivity contribution in [1.82, 2.24) is 9.88 Å². The van der Waals surface area contributed by atoms with Crippen molar-refractivity contribution in [3.8, 4) is 0 Å². The molecule has 7 heteroatoms.